The standard InChI is InChI=1S/C9H12.C8H10.C3H3N3/c1-7-4-8(2)6-9(3)5-7;1-7-4-3-5-8(2)6-7;1-4-2-6-3-5-1/h4-6H,1-3H3;3-6H,1-2H3;1-3H. The number of aryl methyl sites for hydroxylation is 5. The van der Waals surface area contributed by atoms with Gasteiger partial charge in [-0.3, -0.25) is 0 Å². The average Bonchev–Trinajstić information content (AvgIpc) is 2.48. The van der Waals surface area contributed by atoms with Crippen molar-refractivity contribution in [1.82, 2.24) is 15.0 Å². The molecule has 3 rings (SSSR count). The molecule has 1 heterocycles. The van der Waals surface area contributed by atoms with E-state index in [1.807, 2.05) is 0 Å². The maximum absolute atomic E-state index is 3.56. The van der Waals surface area contributed by atoms with Crippen molar-refractivity contribution in [3.63, 3.8) is 0 Å². The third-order valence-corrected chi connectivity index (χ3v) is 2.94. The van der Waals surface area contributed by atoms with Gasteiger partial charge in [0.15, 0.2) is 0 Å². The van der Waals surface area contributed by atoms with Crippen LogP contribution in [0.5, 0.6) is 0 Å². The summed E-state index contributed by atoms with van der Waals surface area (Å²) in [5.41, 5.74) is 6.74. The number of nitrogens with zero attached hydrogens (tertiary/aromatic N) is 3. The molecule has 0 fully saturated rings. The molecule has 3 aromatic rings. The van der Waals surface area contributed by atoms with E-state index in [1.165, 1.54) is 46.8 Å². The summed E-state index contributed by atoms with van der Waals surface area (Å²) in [6.45, 7) is 10.6. The lowest BCUT2D eigenvalue weighted by Crippen LogP contribution is -1.78. The van der Waals surface area contributed by atoms with Gasteiger partial charge >= 0.3 is 0 Å². The summed E-state index contributed by atoms with van der Waals surface area (Å²) < 4.78 is 0. The fourth-order valence-corrected chi connectivity index (χ4v) is 2.21. The first-order chi connectivity index (χ1) is 11.0. The highest BCUT2D eigenvalue weighted by Gasteiger charge is 1.87. The van der Waals surface area contributed by atoms with E-state index in [4.69, 9.17) is 0 Å². The Labute approximate surface area is 139 Å². The molecule has 3 heteroatoms. The molecule has 1 aromatic heterocycles. The molecule has 0 aliphatic rings. The van der Waals surface area contributed by atoms with Gasteiger partial charge in [-0.05, 0) is 34.6 Å². The summed E-state index contributed by atoms with van der Waals surface area (Å²) in [6.07, 6.45) is 4.31. The van der Waals surface area contributed by atoms with Crippen LogP contribution in [0.3, 0.4) is 0 Å². The van der Waals surface area contributed by atoms with Crippen LogP contribution in [0.4, 0.5) is 0 Å². The fourth-order valence-electron chi connectivity index (χ4n) is 2.21. The van der Waals surface area contributed by atoms with Crippen LogP contribution in [0.15, 0.2) is 61.4 Å². The summed E-state index contributed by atoms with van der Waals surface area (Å²) in [5.74, 6) is 0. The van der Waals surface area contributed by atoms with Gasteiger partial charge in [-0.15, -0.1) is 0 Å². The van der Waals surface area contributed by atoms with Gasteiger partial charge in [0.25, 0.3) is 0 Å². The van der Waals surface area contributed by atoms with E-state index in [1.54, 1.807) is 0 Å². The van der Waals surface area contributed by atoms with Crippen LogP contribution in [-0.2, 0) is 0 Å². The van der Waals surface area contributed by atoms with Gasteiger partial charge in [0, 0.05) is 0 Å². The van der Waals surface area contributed by atoms with E-state index in [2.05, 4.69) is 92.0 Å². The first-order valence-corrected chi connectivity index (χ1v) is 7.60. The second-order valence-electron chi connectivity index (χ2n) is 5.62. The van der Waals surface area contributed by atoms with Crippen LogP contribution in [0.25, 0.3) is 0 Å². The summed E-state index contributed by atoms with van der Waals surface area (Å²) in [5, 5.41) is 0. The molecule has 0 saturated carbocycles. The van der Waals surface area contributed by atoms with Crippen LogP contribution in [0.1, 0.15) is 27.8 Å². The van der Waals surface area contributed by atoms with E-state index in [0.29, 0.717) is 0 Å². The maximum Gasteiger partial charge on any atom is 0.119 e. The summed E-state index contributed by atoms with van der Waals surface area (Å²) in [4.78, 5) is 10.7. The smallest absolute Gasteiger partial charge is 0.119 e. The van der Waals surface area contributed by atoms with E-state index >= 15 is 0 Å². The monoisotopic (exact) mass is 307 g/mol. The van der Waals surface area contributed by atoms with Crippen molar-refractivity contribution in [3.8, 4) is 0 Å². The zero-order valence-corrected chi connectivity index (χ0v) is 14.6. The predicted molar refractivity (Wildman–Crippen MR) is 96.4 cm³/mol. The zero-order chi connectivity index (χ0) is 17.1. The van der Waals surface area contributed by atoms with Gasteiger partial charge in [-0.25, -0.2) is 15.0 Å². The van der Waals surface area contributed by atoms with Crippen molar-refractivity contribution >= 4 is 0 Å². The molecule has 0 aliphatic heterocycles. The Morgan fingerprint density at radius 1 is 0.478 bits per heavy atom. The highest BCUT2D eigenvalue weighted by Crippen LogP contribution is 2.06. The molecule has 120 valence electrons. The number of hydrogen-bond acceptors (Lipinski definition) is 3. The SMILES string of the molecule is Cc1cc(C)cc(C)c1.Cc1cccc(C)c1.c1ncncn1. The molecule has 0 radical (unpaired) electrons. The Balaban J connectivity index is 0.000000176. The van der Waals surface area contributed by atoms with Gasteiger partial charge in [0.1, 0.15) is 19.0 Å². The number of rotatable bonds is 0. The average molecular weight is 307 g/mol. The zero-order valence-electron chi connectivity index (χ0n) is 14.6. The Hall–Kier alpha value is -2.55. The van der Waals surface area contributed by atoms with Crippen LogP contribution >= 0.6 is 0 Å². The molecule has 0 atom stereocenters. The van der Waals surface area contributed by atoms with Gasteiger partial charge in [0.2, 0.25) is 0 Å². The number of hydrogen-bond donors (Lipinski definition) is 0. The minimum absolute atomic E-state index is 1.34. The van der Waals surface area contributed by atoms with Crippen molar-refractivity contribution in [2.45, 2.75) is 34.6 Å². The number of benzene rings is 2. The highest BCUT2D eigenvalue weighted by atomic mass is 14.9. The Morgan fingerprint density at radius 2 is 0.783 bits per heavy atom. The molecule has 0 saturated heterocycles. The Bertz CT molecular complexity index is 600. The summed E-state index contributed by atoms with van der Waals surface area (Å²) >= 11 is 0. The van der Waals surface area contributed by atoms with E-state index < -0.39 is 0 Å². The van der Waals surface area contributed by atoms with Gasteiger partial charge in [-0.1, -0.05) is 70.3 Å². The van der Waals surface area contributed by atoms with Crippen LogP contribution in [0, 0.1) is 34.6 Å². The Kier molecular flexibility index (Phi) is 8.22. The molecular formula is C20H25N3. The second kappa shape index (κ2) is 10.2. The molecule has 23 heavy (non-hydrogen) atoms. The molecule has 2 aromatic carbocycles. The fraction of sp³-hybridized carbons (Fsp3) is 0.250. The molecule has 0 bridgehead atoms. The van der Waals surface area contributed by atoms with Crippen LogP contribution < -0.4 is 0 Å². The normalized spacial score (nSPS) is 9.09. The van der Waals surface area contributed by atoms with Crippen LogP contribution in [0.2, 0.25) is 0 Å². The van der Waals surface area contributed by atoms with Crippen molar-refractivity contribution in [1.29, 1.82) is 0 Å². The second-order valence-corrected chi connectivity index (χ2v) is 5.62. The topological polar surface area (TPSA) is 38.7 Å². The third kappa shape index (κ3) is 9.14. The van der Waals surface area contributed by atoms with Gasteiger partial charge < -0.3 is 0 Å². The largest absolute Gasteiger partial charge is 0.225 e. The quantitative estimate of drug-likeness (QED) is 0.599. The molecule has 0 unspecified atom stereocenters. The van der Waals surface area contributed by atoms with Crippen molar-refractivity contribution in [2.75, 3.05) is 0 Å². The lowest BCUT2D eigenvalue weighted by atomic mass is 10.1. The molecule has 0 aliphatic carbocycles. The first-order valence-electron chi connectivity index (χ1n) is 7.60. The van der Waals surface area contributed by atoms with E-state index in [-0.39, 0.29) is 0 Å². The lowest BCUT2D eigenvalue weighted by molar-refractivity contribution is 1.05. The van der Waals surface area contributed by atoms with Crippen molar-refractivity contribution in [2.24, 2.45) is 0 Å². The lowest BCUT2D eigenvalue weighted by Gasteiger charge is -1.96. The van der Waals surface area contributed by atoms with Gasteiger partial charge in [0.05, 0.1) is 0 Å². The molecule has 0 N–H and O–H groups in total. The predicted octanol–water partition coefficient (Wildman–Crippen LogP) is 4.79. The van der Waals surface area contributed by atoms with Crippen LogP contribution in [-0.4, -0.2) is 15.0 Å². The third-order valence-electron chi connectivity index (χ3n) is 2.94. The summed E-state index contributed by atoms with van der Waals surface area (Å²) in [7, 11) is 0. The summed E-state index contributed by atoms with van der Waals surface area (Å²) in [6, 6.07) is 15.0. The van der Waals surface area contributed by atoms with Crippen molar-refractivity contribution in [3.05, 3.63) is 89.3 Å². The first kappa shape index (κ1) is 18.5. The minimum atomic E-state index is 1.34. The van der Waals surface area contributed by atoms with Crippen molar-refractivity contribution < 1.29 is 0 Å². The van der Waals surface area contributed by atoms with Gasteiger partial charge in [-0.2, -0.15) is 0 Å². The highest BCUT2D eigenvalue weighted by molar-refractivity contribution is 5.27. The molecule has 0 amide bonds. The Morgan fingerprint density at radius 3 is 1.00 bits per heavy atom. The number of aromatic nitrogens is 3. The molecule has 0 spiro atoms. The maximum atomic E-state index is 3.56. The molecule has 3 nitrogen and oxygen atoms in total. The molecular weight excluding hydrogens is 282 g/mol. The van der Waals surface area contributed by atoms with E-state index in [9.17, 15) is 0 Å². The minimum Gasteiger partial charge on any atom is -0.225 e. The van der Waals surface area contributed by atoms with E-state index in [0.717, 1.165) is 0 Å².